The van der Waals surface area contributed by atoms with Crippen molar-refractivity contribution in [3.05, 3.63) is 36.7 Å². The third kappa shape index (κ3) is 3.64. The molecule has 26 heavy (non-hydrogen) atoms. The fourth-order valence-corrected chi connectivity index (χ4v) is 2.46. The predicted molar refractivity (Wildman–Crippen MR) is 98.6 cm³/mol. The predicted octanol–water partition coefficient (Wildman–Crippen LogP) is 2.85. The first-order valence-corrected chi connectivity index (χ1v) is 8.04. The van der Waals surface area contributed by atoms with Gasteiger partial charge in [0.05, 0.1) is 20.4 Å². The van der Waals surface area contributed by atoms with Crippen LogP contribution >= 0.6 is 0 Å². The number of nitrogens with zero attached hydrogens (tertiary/aromatic N) is 3. The molecule has 0 radical (unpaired) electrons. The first-order chi connectivity index (χ1) is 12.6. The SMILES string of the molecule is CCNC(=O)Nc1cnc2ncc(-c3ccc(OC)c(OC)c3)cc2n1. The van der Waals surface area contributed by atoms with Crippen LogP contribution in [0, 0.1) is 0 Å². The van der Waals surface area contributed by atoms with Crippen molar-refractivity contribution in [2.45, 2.75) is 6.92 Å². The summed E-state index contributed by atoms with van der Waals surface area (Å²) in [7, 11) is 3.18. The van der Waals surface area contributed by atoms with E-state index < -0.39 is 0 Å². The number of rotatable bonds is 5. The molecule has 8 heteroatoms. The number of carbonyl (C=O) groups is 1. The Balaban J connectivity index is 1.96. The second-order valence-electron chi connectivity index (χ2n) is 5.38. The molecule has 1 aromatic carbocycles. The lowest BCUT2D eigenvalue weighted by Gasteiger charge is -2.10. The Labute approximate surface area is 150 Å². The third-order valence-corrected chi connectivity index (χ3v) is 3.69. The Kier molecular flexibility index (Phi) is 5.12. The van der Waals surface area contributed by atoms with E-state index in [0.717, 1.165) is 11.1 Å². The molecule has 0 aliphatic heterocycles. The highest BCUT2D eigenvalue weighted by Gasteiger charge is 2.09. The second kappa shape index (κ2) is 7.64. The van der Waals surface area contributed by atoms with Crippen LogP contribution in [0.2, 0.25) is 0 Å². The highest BCUT2D eigenvalue weighted by atomic mass is 16.5. The number of pyridine rings is 1. The number of nitrogens with one attached hydrogen (secondary N) is 2. The number of amides is 2. The average molecular weight is 353 g/mol. The van der Waals surface area contributed by atoms with Gasteiger partial charge in [-0.2, -0.15) is 0 Å². The van der Waals surface area contributed by atoms with E-state index in [-0.39, 0.29) is 6.03 Å². The van der Waals surface area contributed by atoms with Crippen LogP contribution in [0.4, 0.5) is 10.6 Å². The molecule has 2 aromatic heterocycles. The molecule has 0 fully saturated rings. The van der Waals surface area contributed by atoms with Gasteiger partial charge in [-0.25, -0.2) is 19.7 Å². The Bertz CT molecular complexity index is 945. The topological polar surface area (TPSA) is 98.3 Å². The number of carbonyl (C=O) groups excluding carboxylic acids is 1. The zero-order chi connectivity index (χ0) is 18.5. The maximum Gasteiger partial charge on any atom is 0.320 e. The molecular weight excluding hydrogens is 334 g/mol. The molecule has 0 unspecified atom stereocenters. The van der Waals surface area contributed by atoms with Crippen LogP contribution in [0.15, 0.2) is 36.7 Å². The Morgan fingerprint density at radius 3 is 2.54 bits per heavy atom. The van der Waals surface area contributed by atoms with E-state index >= 15 is 0 Å². The summed E-state index contributed by atoms with van der Waals surface area (Å²) < 4.78 is 10.6. The van der Waals surface area contributed by atoms with Gasteiger partial charge in [0, 0.05) is 18.3 Å². The number of anilines is 1. The molecular formula is C18H19N5O3. The first-order valence-electron chi connectivity index (χ1n) is 8.04. The number of hydrogen-bond acceptors (Lipinski definition) is 6. The summed E-state index contributed by atoms with van der Waals surface area (Å²) in [6, 6.07) is 7.14. The lowest BCUT2D eigenvalue weighted by Crippen LogP contribution is -2.28. The number of hydrogen-bond donors (Lipinski definition) is 2. The molecule has 0 bridgehead atoms. The molecule has 2 heterocycles. The number of fused-ring (bicyclic) bond motifs is 1. The Morgan fingerprint density at radius 2 is 1.81 bits per heavy atom. The van der Waals surface area contributed by atoms with Gasteiger partial charge in [0.2, 0.25) is 0 Å². The molecule has 134 valence electrons. The van der Waals surface area contributed by atoms with E-state index in [2.05, 4.69) is 25.6 Å². The van der Waals surface area contributed by atoms with Gasteiger partial charge in [-0.1, -0.05) is 6.07 Å². The molecule has 8 nitrogen and oxygen atoms in total. The lowest BCUT2D eigenvalue weighted by atomic mass is 10.1. The van der Waals surface area contributed by atoms with Crippen molar-refractivity contribution in [2.24, 2.45) is 0 Å². The maximum absolute atomic E-state index is 11.6. The molecule has 0 atom stereocenters. The van der Waals surface area contributed by atoms with Gasteiger partial charge in [0.1, 0.15) is 5.52 Å². The standard InChI is InChI=1S/C18H19N5O3/c1-4-19-18(24)23-16-10-21-17-13(22-16)7-12(9-20-17)11-5-6-14(25-2)15(8-11)26-3/h5-10H,4H2,1-3H3,(H2,19,22,23,24). The minimum Gasteiger partial charge on any atom is -0.493 e. The van der Waals surface area contributed by atoms with Crippen molar-refractivity contribution in [2.75, 3.05) is 26.1 Å². The molecule has 0 aliphatic carbocycles. The quantitative estimate of drug-likeness (QED) is 0.732. The van der Waals surface area contributed by atoms with Gasteiger partial charge < -0.3 is 14.8 Å². The fraction of sp³-hybridized carbons (Fsp3) is 0.222. The largest absolute Gasteiger partial charge is 0.493 e. The Morgan fingerprint density at radius 1 is 1.04 bits per heavy atom. The van der Waals surface area contributed by atoms with Crippen LogP contribution in [0.25, 0.3) is 22.3 Å². The third-order valence-electron chi connectivity index (χ3n) is 3.69. The zero-order valence-electron chi connectivity index (χ0n) is 14.7. The van der Waals surface area contributed by atoms with Crippen molar-refractivity contribution in [3.63, 3.8) is 0 Å². The zero-order valence-corrected chi connectivity index (χ0v) is 14.7. The van der Waals surface area contributed by atoms with Crippen LogP contribution in [0.1, 0.15) is 6.92 Å². The summed E-state index contributed by atoms with van der Waals surface area (Å²) in [6.45, 7) is 2.36. The summed E-state index contributed by atoms with van der Waals surface area (Å²) >= 11 is 0. The van der Waals surface area contributed by atoms with Crippen molar-refractivity contribution in [1.82, 2.24) is 20.3 Å². The summed E-state index contributed by atoms with van der Waals surface area (Å²) in [5.74, 6) is 1.63. The van der Waals surface area contributed by atoms with Crippen molar-refractivity contribution in [1.29, 1.82) is 0 Å². The average Bonchev–Trinajstić information content (AvgIpc) is 2.67. The molecule has 3 aromatic rings. The number of urea groups is 1. The first kappa shape index (κ1) is 17.4. The minimum absolute atomic E-state index is 0.329. The molecule has 0 saturated carbocycles. The van der Waals surface area contributed by atoms with E-state index in [1.807, 2.05) is 31.2 Å². The van der Waals surface area contributed by atoms with Gasteiger partial charge in [0.15, 0.2) is 23.0 Å². The Hall–Kier alpha value is -3.42. The van der Waals surface area contributed by atoms with Crippen LogP contribution < -0.4 is 20.1 Å². The van der Waals surface area contributed by atoms with Gasteiger partial charge in [-0.15, -0.1) is 0 Å². The van der Waals surface area contributed by atoms with E-state index in [0.29, 0.717) is 35.0 Å². The summed E-state index contributed by atoms with van der Waals surface area (Å²) in [5.41, 5.74) is 2.83. The van der Waals surface area contributed by atoms with Gasteiger partial charge in [0.25, 0.3) is 0 Å². The molecule has 2 N–H and O–H groups in total. The van der Waals surface area contributed by atoms with Gasteiger partial charge in [-0.05, 0) is 30.7 Å². The van der Waals surface area contributed by atoms with Gasteiger partial charge in [-0.3, -0.25) is 5.32 Å². The maximum atomic E-state index is 11.6. The van der Waals surface area contributed by atoms with Crippen molar-refractivity contribution >= 4 is 23.0 Å². The van der Waals surface area contributed by atoms with Crippen molar-refractivity contribution < 1.29 is 14.3 Å². The second-order valence-corrected chi connectivity index (χ2v) is 5.38. The highest BCUT2D eigenvalue weighted by molar-refractivity contribution is 5.89. The fourth-order valence-electron chi connectivity index (χ4n) is 2.46. The van der Waals surface area contributed by atoms with E-state index in [9.17, 15) is 4.79 Å². The van der Waals surface area contributed by atoms with Gasteiger partial charge >= 0.3 is 6.03 Å². The van der Waals surface area contributed by atoms with Crippen LogP contribution in [-0.4, -0.2) is 41.7 Å². The van der Waals surface area contributed by atoms with E-state index in [4.69, 9.17) is 9.47 Å². The molecule has 0 aliphatic rings. The lowest BCUT2D eigenvalue weighted by molar-refractivity contribution is 0.252. The summed E-state index contributed by atoms with van der Waals surface area (Å²) in [4.78, 5) is 24.6. The van der Waals surface area contributed by atoms with Crippen LogP contribution in [0.3, 0.4) is 0 Å². The molecule has 3 rings (SSSR count). The van der Waals surface area contributed by atoms with E-state index in [1.54, 1.807) is 20.4 Å². The minimum atomic E-state index is -0.329. The molecule has 2 amide bonds. The summed E-state index contributed by atoms with van der Waals surface area (Å²) in [6.07, 6.45) is 3.19. The number of aromatic nitrogens is 3. The number of benzene rings is 1. The van der Waals surface area contributed by atoms with Crippen LogP contribution in [0.5, 0.6) is 11.5 Å². The van der Waals surface area contributed by atoms with Crippen molar-refractivity contribution in [3.8, 4) is 22.6 Å². The highest BCUT2D eigenvalue weighted by Crippen LogP contribution is 2.32. The number of methoxy groups -OCH3 is 2. The summed E-state index contributed by atoms with van der Waals surface area (Å²) in [5, 5.41) is 5.28. The monoisotopic (exact) mass is 353 g/mol. The molecule has 0 saturated heterocycles. The van der Waals surface area contributed by atoms with E-state index in [1.165, 1.54) is 6.20 Å². The smallest absolute Gasteiger partial charge is 0.320 e. The normalized spacial score (nSPS) is 10.4. The van der Waals surface area contributed by atoms with Crippen LogP contribution in [-0.2, 0) is 0 Å². The molecule has 0 spiro atoms. The number of ether oxygens (including phenoxy) is 2.